The lowest BCUT2D eigenvalue weighted by molar-refractivity contribution is -0.128. The highest BCUT2D eigenvalue weighted by atomic mass is 32.2. The molecule has 0 saturated heterocycles. The van der Waals surface area contributed by atoms with Crippen molar-refractivity contribution < 1.29 is 14.3 Å². The van der Waals surface area contributed by atoms with Gasteiger partial charge in [-0.1, -0.05) is 42.8 Å². The Labute approximate surface area is 195 Å². The van der Waals surface area contributed by atoms with Gasteiger partial charge in [0.2, 0.25) is 11.8 Å². The molecule has 1 aliphatic heterocycles. The van der Waals surface area contributed by atoms with Crippen LogP contribution in [0, 0.1) is 19.8 Å². The van der Waals surface area contributed by atoms with E-state index in [0.717, 1.165) is 28.1 Å². The van der Waals surface area contributed by atoms with Crippen LogP contribution in [0.5, 0.6) is 0 Å². The fourth-order valence-corrected chi connectivity index (χ4v) is 5.05. The van der Waals surface area contributed by atoms with E-state index >= 15 is 0 Å². The average Bonchev–Trinajstić information content (AvgIpc) is 2.76. The Morgan fingerprint density at radius 1 is 1.16 bits per heavy atom. The Morgan fingerprint density at radius 2 is 1.91 bits per heavy atom. The van der Waals surface area contributed by atoms with E-state index in [1.165, 1.54) is 17.3 Å². The molecule has 2 aromatic carbocycles. The van der Waals surface area contributed by atoms with Gasteiger partial charge < -0.3 is 15.0 Å². The monoisotopic (exact) mass is 454 g/mol. The van der Waals surface area contributed by atoms with Gasteiger partial charge in [0.15, 0.2) is 0 Å². The first-order chi connectivity index (χ1) is 15.3. The first-order valence-corrected chi connectivity index (χ1v) is 12.2. The second-order valence-corrected chi connectivity index (χ2v) is 9.90. The standard InChI is InChI=1S/C26H34N2O3S/c1-17(2)31-14-8-13-27-25(29)20(5)24-26(30)28(22-9-6-7-10-23(22)32-24)16-21-15-18(3)11-12-19(21)4/h6-7,9-12,15,17,20,24H,8,13-14,16H2,1-5H3,(H,27,29)/t20-,24-/m1/s1. The highest BCUT2D eigenvalue weighted by Crippen LogP contribution is 2.42. The van der Waals surface area contributed by atoms with Crippen LogP contribution in [0.2, 0.25) is 0 Å². The Bertz CT molecular complexity index is 960. The molecule has 3 rings (SSSR count). The lowest BCUT2D eigenvalue weighted by Crippen LogP contribution is -2.47. The van der Waals surface area contributed by atoms with E-state index in [0.29, 0.717) is 19.7 Å². The molecular weight excluding hydrogens is 420 g/mol. The molecular formula is C26H34N2O3S. The maximum Gasteiger partial charge on any atom is 0.241 e. The summed E-state index contributed by atoms with van der Waals surface area (Å²) in [5.41, 5.74) is 4.37. The molecule has 6 heteroatoms. The zero-order valence-electron chi connectivity index (χ0n) is 19.7. The highest BCUT2D eigenvalue weighted by Gasteiger charge is 2.39. The number of amides is 2. The smallest absolute Gasteiger partial charge is 0.241 e. The van der Waals surface area contributed by atoms with E-state index in [2.05, 4.69) is 37.4 Å². The summed E-state index contributed by atoms with van der Waals surface area (Å²) in [4.78, 5) is 29.3. The van der Waals surface area contributed by atoms with Gasteiger partial charge in [0.05, 0.1) is 24.3 Å². The number of carbonyl (C=O) groups excluding carboxylic acids is 2. The summed E-state index contributed by atoms with van der Waals surface area (Å²) in [7, 11) is 0. The maximum absolute atomic E-state index is 13.6. The van der Waals surface area contributed by atoms with Crippen LogP contribution in [-0.2, 0) is 20.9 Å². The number of fused-ring (bicyclic) bond motifs is 1. The number of anilines is 1. The number of para-hydroxylation sites is 1. The van der Waals surface area contributed by atoms with Crippen molar-refractivity contribution in [2.45, 2.75) is 63.8 Å². The van der Waals surface area contributed by atoms with Crippen LogP contribution in [0.4, 0.5) is 5.69 Å². The Hall–Kier alpha value is -2.31. The van der Waals surface area contributed by atoms with Crippen LogP contribution in [0.25, 0.3) is 0 Å². The van der Waals surface area contributed by atoms with Crippen LogP contribution in [0.3, 0.4) is 0 Å². The third-order valence-electron chi connectivity index (χ3n) is 5.69. The van der Waals surface area contributed by atoms with Crippen molar-refractivity contribution in [3.63, 3.8) is 0 Å². The van der Waals surface area contributed by atoms with Crippen LogP contribution in [-0.4, -0.2) is 36.3 Å². The molecule has 0 aromatic heterocycles. The second kappa shape index (κ2) is 11.0. The molecule has 0 fully saturated rings. The van der Waals surface area contributed by atoms with Gasteiger partial charge in [0, 0.05) is 18.0 Å². The van der Waals surface area contributed by atoms with Gasteiger partial charge in [-0.2, -0.15) is 0 Å². The van der Waals surface area contributed by atoms with Crippen molar-refractivity contribution in [2.24, 2.45) is 5.92 Å². The fourth-order valence-electron chi connectivity index (χ4n) is 3.76. The molecule has 5 nitrogen and oxygen atoms in total. The second-order valence-electron chi connectivity index (χ2n) is 8.71. The summed E-state index contributed by atoms with van der Waals surface area (Å²) >= 11 is 1.49. The molecule has 2 amide bonds. The van der Waals surface area contributed by atoms with Crippen molar-refractivity contribution >= 4 is 29.3 Å². The third kappa shape index (κ3) is 5.93. The molecule has 32 heavy (non-hydrogen) atoms. The van der Waals surface area contributed by atoms with Gasteiger partial charge in [0.1, 0.15) is 5.25 Å². The molecule has 1 aliphatic rings. The van der Waals surface area contributed by atoms with Crippen molar-refractivity contribution in [2.75, 3.05) is 18.1 Å². The van der Waals surface area contributed by atoms with Crippen molar-refractivity contribution in [3.8, 4) is 0 Å². The first-order valence-electron chi connectivity index (χ1n) is 11.3. The number of thioether (sulfide) groups is 1. The number of nitrogens with one attached hydrogen (secondary N) is 1. The highest BCUT2D eigenvalue weighted by molar-refractivity contribution is 8.01. The number of aryl methyl sites for hydroxylation is 2. The van der Waals surface area contributed by atoms with Gasteiger partial charge in [-0.05, 0) is 57.4 Å². The van der Waals surface area contributed by atoms with Crippen LogP contribution >= 0.6 is 11.8 Å². The molecule has 2 aromatic rings. The Balaban J connectivity index is 1.75. The van der Waals surface area contributed by atoms with Gasteiger partial charge in [-0.25, -0.2) is 0 Å². The van der Waals surface area contributed by atoms with Crippen molar-refractivity contribution in [1.29, 1.82) is 0 Å². The molecule has 0 bridgehead atoms. The van der Waals surface area contributed by atoms with E-state index in [4.69, 9.17) is 4.74 Å². The molecule has 1 heterocycles. The van der Waals surface area contributed by atoms with E-state index < -0.39 is 11.2 Å². The minimum atomic E-state index is -0.457. The minimum absolute atomic E-state index is 0.0135. The lowest BCUT2D eigenvalue weighted by Gasteiger charge is -2.36. The van der Waals surface area contributed by atoms with Gasteiger partial charge in [0.25, 0.3) is 0 Å². The predicted octanol–water partition coefficient (Wildman–Crippen LogP) is 4.88. The zero-order chi connectivity index (χ0) is 23.3. The molecule has 2 atom stereocenters. The maximum atomic E-state index is 13.6. The van der Waals surface area contributed by atoms with E-state index in [-0.39, 0.29) is 17.9 Å². The number of rotatable bonds is 9. The topological polar surface area (TPSA) is 58.6 Å². The quantitative estimate of drug-likeness (QED) is 0.549. The number of hydrogen-bond donors (Lipinski definition) is 1. The SMILES string of the molecule is Cc1ccc(C)c(CN2C(=O)[C@@H]([C@@H](C)C(=O)NCCCOC(C)C)Sc3ccccc32)c1. The van der Waals surface area contributed by atoms with E-state index in [1.54, 1.807) is 0 Å². The molecule has 0 unspecified atom stereocenters. The van der Waals surface area contributed by atoms with Gasteiger partial charge >= 0.3 is 0 Å². The summed E-state index contributed by atoms with van der Waals surface area (Å²) in [5, 5.41) is 2.52. The average molecular weight is 455 g/mol. The molecule has 0 spiro atoms. The number of carbonyl (C=O) groups is 2. The number of hydrogen-bond acceptors (Lipinski definition) is 4. The van der Waals surface area contributed by atoms with Crippen molar-refractivity contribution in [1.82, 2.24) is 5.32 Å². The number of benzene rings is 2. The first kappa shape index (κ1) is 24.3. The molecule has 0 aliphatic carbocycles. The minimum Gasteiger partial charge on any atom is -0.379 e. The van der Waals surface area contributed by atoms with Crippen LogP contribution in [0.1, 0.15) is 43.9 Å². The van der Waals surface area contributed by atoms with E-state index in [1.807, 2.05) is 49.9 Å². The van der Waals surface area contributed by atoms with Gasteiger partial charge in [-0.15, -0.1) is 11.8 Å². The fraction of sp³-hybridized carbons (Fsp3) is 0.462. The summed E-state index contributed by atoms with van der Waals surface area (Å²) in [5.74, 6) is -0.542. The summed E-state index contributed by atoms with van der Waals surface area (Å²) in [6.45, 7) is 11.6. The Morgan fingerprint density at radius 3 is 2.66 bits per heavy atom. The van der Waals surface area contributed by atoms with Crippen molar-refractivity contribution in [3.05, 3.63) is 59.2 Å². The zero-order valence-corrected chi connectivity index (χ0v) is 20.5. The van der Waals surface area contributed by atoms with Gasteiger partial charge in [-0.3, -0.25) is 9.59 Å². The molecule has 0 saturated carbocycles. The molecule has 1 N–H and O–H groups in total. The van der Waals surface area contributed by atoms with Crippen LogP contribution in [0.15, 0.2) is 47.4 Å². The predicted molar refractivity (Wildman–Crippen MR) is 131 cm³/mol. The largest absolute Gasteiger partial charge is 0.379 e. The molecule has 0 radical (unpaired) electrons. The summed E-state index contributed by atoms with van der Waals surface area (Å²) < 4.78 is 5.53. The third-order valence-corrected chi connectivity index (χ3v) is 7.15. The molecule has 172 valence electrons. The number of nitrogens with zero attached hydrogens (tertiary/aromatic N) is 1. The summed E-state index contributed by atoms with van der Waals surface area (Å²) in [6.07, 6.45) is 0.938. The Kier molecular flexibility index (Phi) is 8.38. The summed E-state index contributed by atoms with van der Waals surface area (Å²) in [6, 6.07) is 14.3. The van der Waals surface area contributed by atoms with E-state index in [9.17, 15) is 9.59 Å². The van der Waals surface area contributed by atoms with Crippen LogP contribution < -0.4 is 10.2 Å². The normalized spacial score (nSPS) is 16.8. The number of ether oxygens (including phenoxy) is 1. The lowest BCUT2D eigenvalue weighted by atomic mass is 10.0.